The van der Waals surface area contributed by atoms with Crippen LogP contribution in [0, 0.1) is 5.92 Å². The van der Waals surface area contributed by atoms with E-state index in [1.54, 1.807) is 0 Å². The summed E-state index contributed by atoms with van der Waals surface area (Å²) in [6, 6.07) is 7.24. The molecule has 0 aliphatic carbocycles. The molecule has 1 fully saturated rings. The second-order valence-electron chi connectivity index (χ2n) is 6.27. The Kier molecular flexibility index (Phi) is 4.69. The van der Waals surface area contributed by atoms with Crippen LogP contribution >= 0.6 is 0 Å². The Morgan fingerprint density at radius 3 is 3.00 bits per heavy atom. The van der Waals surface area contributed by atoms with Gasteiger partial charge in [0.1, 0.15) is 6.04 Å². The molecule has 1 saturated heterocycles. The summed E-state index contributed by atoms with van der Waals surface area (Å²) in [5, 5.41) is 14.0. The number of carbonyl (C=O) groups is 2. The standard InChI is InChI=1S/C17H23N5O2/c1-11-7-9-18-16(23)15(11)20-17(24)19-10-8-13-12-5-3-4-6-14(12)22(2)21-13/h3-6,11,15H,7-10H2,1-2H3,(H,18,23)(H2,19,20,24). The van der Waals surface area contributed by atoms with Crippen LogP contribution < -0.4 is 16.0 Å². The van der Waals surface area contributed by atoms with Gasteiger partial charge in [0.2, 0.25) is 5.91 Å². The van der Waals surface area contributed by atoms with Crippen molar-refractivity contribution >= 4 is 22.8 Å². The minimum absolute atomic E-state index is 0.111. The van der Waals surface area contributed by atoms with Crippen LogP contribution in [-0.4, -0.2) is 40.9 Å². The Morgan fingerprint density at radius 2 is 2.21 bits per heavy atom. The van der Waals surface area contributed by atoms with Gasteiger partial charge in [-0.3, -0.25) is 9.48 Å². The third-order valence-electron chi connectivity index (χ3n) is 4.52. The zero-order valence-electron chi connectivity index (χ0n) is 14.0. The quantitative estimate of drug-likeness (QED) is 0.780. The van der Waals surface area contributed by atoms with Crippen LogP contribution in [0.4, 0.5) is 4.79 Å². The average molecular weight is 329 g/mol. The predicted octanol–water partition coefficient (Wildman–Crippen LogP) is 0.940. The van der Waals surface area contributed by atoms with E-state index in [2.05, 4.69) is 21.0 Å². The summed E-state index contributed by atoms with van der Waals surface area (Å²) in [7, 11) is 1.91. The Bertz CT molecular complexity index is 755. The van der Waals surface area contributed by atoms with Gasteiger partial charge in [-0.1, -0.05) is 25.1 Å². The third kappa shape index (κ3) is 3.34. The minimum atomic E-state index is -0.463. The first-order valence-electron chi connectivity index (χ1n) is 8.29. The van der Waals surface area contributed by atoms with Crippen molar-refractivity contribution < 1.29 is 9.59 Å². The number of rotatable bonds is 4. The number of nitrogens with one attached hydrogen (secondary N) is 3. The number of nitrogens with zero attached hydrogens (tertiary/aromatic N) is 2. The molecule has 2 heterocycles. The normalized spacial score (nSPS) is 20.7. The molecule has 0 saturated carbocycles. The fourth-order valence-electron chi connectivity index (χ4n) is 3.13. The van der Waals surface area contributed by atoms with Gasteiger partial charge >= 0.3 is 6.03 Å². The number of para-hydroxylation sites is 1. The van der Waals surface area contributed by atoms with Gasteiger partial charge in [-0.25, -0.2) is 4.79 Å². The van der Waals surface area contributed by atoms with Crippen molar-refractivity contribution in [3.63, 3.8) is 0 Å². The van der Waals surface area contributed by atoms with Crippen molar-refractivity contribution in [3.05, 3.63) is 30.0 Å². The van der Waals surface area contributed by atoms with E-state index in [4.69, 9.17) is 0 Å². The lowest BCUT2D eigenvalue weighted by molar-refractivity contribution is -0.125. The second-order valence-corrected chi connectivity index (χ2v) is 6.27. The molecule has 2 aromatic rings. The monoisotopic (exact) mass is 329 g/mol. The molecule has 24 heavy (non-hydrogen) atoms. The molecule has 7 nitrogen and oxygen atoms in total. The topological polar surface area (TPSA) is 88.1 Å². The Morgan fingerprint density at radius 1 is 1.42 bits per heavy atom. The Labute approximate surface area is 140 Å². The lowest BCUT2D eigenvalue weighted by atomic mass is 9.94. The number of hydrogen-bond acceptors (Lipinski definition) is 3. The highest BCUT2D eigenvalue weighted by atomic mass is 16.2. The first-order chi connectivity index (χ1) is 11.6. The molecule has 2 unspecified atom stereocenters. The summed E-state index contributed by atoms with van der Waals surface area (Å²) in [5.41, 5.74) is 2.03. The van der Waals surface area contributed by atoms with Crippen LogP contribution in [-0.2, 0) is 18.3 Å². The first-order valence-corrected chi connectivity index (χ1v) is 8.29. The molecule has 3 rings (SSSR count). The maximum absolute atomic E-state index is 12.0. The molecule has 1 aromatic carbocycles. The SMILES string of the molecule is CC1CCNC(=O)C1NC(=O)NCCc1nn(C)c2ccccc12. The summed E-state index contributed by atoms with van der Waals surface area (Å²) in [6.07, 6.45) is 1.51. The lowest BCUT2D eigenvalue weighted by Gasteiger charge is -2.28. The van der Waals surface area contributed by atoms with Crippen molar-refractivity contribution in [3.8, 4) is 0 Å². The van der Waals surface area contributed by atoms with Gasteiger partial charge in [0, 0.05) is 31.9 Å². The molecule has 3 N–H and O–H groups in total. The smallest absolute Gasteiger partial charge is 0.315 e. The zero-order chi connectivity index (χ0) is 17.1. The van der Waals surface area contributed by atoms with Crippen molar-refractivity contribution in [2.45, 2.75) is 25.8 Å². The van der Waals surface area contributed by atoms with E-state index >= 15 is 0 Å². The number of fused-ring (bicyclic) bond motifs is 1. The van der Waals surface area contributed by atoms with Crippen molar-refractivity contribution in [1.29, 1.82) is 0 Å². The number of piperidine rings is 1. The molecule has 1 aliphatic rings. The molecular weight excluding hydrogens is 306 g/mol. The lowest BCUT2D eigenvalue weighted by Crippen LogP contribution is -2.56. The second kappa shape index (κ2) is 6.90. The summed E-state index contributed by atoms with van der Waals surface area (Å²) in [6.45, 7) is 3.12. The molecule has 0 spiro atoms. The summed E-state index contributed by atoms with van der Waals surface area (Å²) in [5.74, 6) is 0.0313. The van der Waals surface area contributed by atoms with Gasteiger partial charge in [-0.2, -0.15) is 5.10 Å². The fourth-order valence-corrected chi connectivity index (χ4v) is 3.13. The van der Waals surface area contributed by atoms with E-state index in [0.717, 1.165) is 23.0 Å². The van der Waals surface area contributed by atoms with Crippen molar-refractivity contribution in [2.75, 3.05) is 13.1 Å². The Hall–Kier alpha value is -2.57. The summed E-state index contributed by atoms with van der Waals surface area (Å²) in [4.78, 5) is 23.9. The van der Waals surface area contributed by atoms with Gasteiger partial charge in [0.15, 0.2) is 0 Å². The van der Waals surface area contributed by atoms with Gasteiger partial charge in [-0.05, 0) is 18.4 Å². The number of aromatic nitrogens is 2. The average Bonchev–Trinajstić information content (AvgIpc) is 2.88. The van der Waals surface area contributed by atoms with E-state index in [1.165, 1.54) is 0 Å². The zero-order valence-corrected chi connectivity index (χ0v) is 14.0. The Balaban J connectivity index is 1.54. The molecule has 7 heteroatoms. The summed E-state index contributed by atoms with van der Waals surface area (Å²) >= 11 is 0. The van der Waals surface area contributed by atoms with E-state index in [1.807, 2.05) is 42.9 Å². The van der Waals surface area contributed by atoms with Crippen molar-refractivity contribution in [1.82, 2.24) is 25.7 Å². The highest BCUT2D eigenvalue weighted by molar-refractivity contribution is 5.88. The van der Waals surface area contributed by atoms with Gasteiger partial charge in [0.05, 0.1) is 11.2 Å². The maximum atomic E-state index is 12.0. The minimum Gasteiger partial charge on any atom is -0.354 e. The van der Waals surface area contributed by atoms with E-state index in [-0.39, 0.29) is 17.9 Å². The van der Waals surface area contributed by atoms with Gasteiger partial charge < -0.3 is 16.0 Å². The molecule has 0 radical (unpaired) electrons. The first kappa shape index (κ1) is 16.3. The van der Waals surface area contributed by atoms with Crippen LogP contribution in [0.5, 0.6) is 0 Å². The number of amides is 3. The number of benzene rings is 1. The van der Waals surface area contributed by atoms with E-state index in [0.29, 0.717) is 19.5 Å². The molecule has 1 aliphatic heterocycles. The molecule has 1 aromatic heterocycles. The largest absolute Gasteiger partial charge is 0.354 e. The van der Waals surface area contributed by atoms with Crippen LogP contribution in [0.15, 0.2) is 24.3 Å². The molecule has 0 bridgehead atoms. The van der Waals surface area contributed by atoms with E-state index < -0.39 is 6.04 Å². The van der Waals surface area contributed by atoms with E-state index in [9.17, 15) is 9.59 Å². The number of carbonyl (C=O) groups excluding carboxylic acids is 2. The van der Waals surface area contributed by atoms with Crippen LogP contribution in [0.2, 0.25) is 0 Å². The molecule has 3 amide bonds. The highest BCUT2D eigenvalue weighted by Gasteiger charge is 2.29. The molecule has 128 valence electrons. The molecule has 2 atom stereocenters. The highest BCUT2D eigenvalue weighted by Crippen LogP contribution is 2.17. The van der Waals surface area contributed by atoms with Crippen LogP contribution in [0.3, 0.4) is 0 Å². The van der Waals surface area contributed by atoms with Gasteiger partial charge in [0.25, 0.3) is 0 Å². The molecular formula is C17H23N5O2. The van der Waals surface area contributed by atoms with Gasteiger partial charge in [-0.15, -0.1) is 0 Å². The predicted molar refractivity (Wildman–Crippen MR) is 91.5 cm³/mol. The van der Waals surface area contributed by atoms with Crippen molar-refractivity contribution in [2.24, 2.45) is 13.0 Å². The van der Waals surface area contributed by atoms with Crippen LogP contribution in [0.1, 0.15) is 19.0 Å². The third-order valence-corrected chi connectivity index (χ3v) is 4.52. The number of aryl methyl sites for hydroxylation is 1. The maximum Gasteiger partial charge on any atom is 0.315 e. The van der Waals surface area contributed by atoms with Crippen LogP contribution in [0.25, 0.3) is 10.9 Å². The fraction of sp³-hybridized carbons (Fsp3) is 0.471. The number of hydrogen-bond donors (Lipinski definition) is 3. The number of urea groups is 1. The summed E-state index contributed by atoms with van der Waals surface area (Å²) < 4.78 is 1.85.